The number of carbonyl (C=O) groups is 2. The molecule has 3 rings (SSSR count). The Hall–Kier alpha value is -1.97. The molecule has 2 aliphatic heterocycles. The maximum Gasteiger partial charge on any atom is 0.269 e. The van der Waals surface area contributed by atoms with E-state index >= 15 is 0 Å². The van der Waals surface area contributed by atoms with Crippen LogP contribution in [0.3, 0.4) is 0 Å². The third kappa shape index (κ3) is 5.75. The fourth-order valence-electron chi connectivity index (χ4n) is 3.55. The lowest BCUT2D eigenvalue weighted by Crippen LogP contribution is -2.53. The molecule has 2 fully saturated rings. The van der Waals surface area contributed by atoms with E-state index in [1.807, 2.05) is 0 Å². The van der Waals surface area contributed by atoms with Crippen LogP contribution >= 0.6 is 0 Å². The van der Waals surface area contributed by atoms with Gasteiger partial charge in [0.05, 0.1) is 26.3 Å². The van der Waals surface area contributed by atoms with Crippen LogP contribution in [-0.4, -0.2) is 95.0 Å². The van der Waals surface area contributed by atoms with Gasteiger partial charge in [-0.1, -0.05) is 6.42 Å². The lowest BCUT2D eigenvalue weighted by molar-refractivity contribution is -0.134. The summed E-state index contributed by atoms with van der Waals surface area (Å²) in [5.41, 5.74) is -0.991. The highest BCUT2D eigenvalue weighted by Gasteiger charge is 2.35. The highest BCUT2D eigenvalue weighted by atomic mass is 16.5. The molecule has 0 aliphatic carbocycles. The van der Waals surface area contributed by atoms with Gasteiger partial charge in [0.1, 0.15) is 11.3 Å². The summed E-state index contributed by atoms with van der Waals surface area (Å²) in [6.07, 6.45) is 5.59. The second-order valence-electron chi connectivity index (χ2n) is 7.40. The smallest absolute Gasteiger partial charge is 0.269 e. The van der Waals surface area contributed by atoms with Crippen molar-refractivity contribution in [2.24, 2.45) is 0 Å². The zero-order valence-electron chi connectivity index (χ0n) is 15.7. The summed E-state index contributed by atoms with van der Waals surface area (Å²) in [5.74, 6) is -0.336. The number of piperidine rings is 1. The molecule has 0 saturated carbocycles. The van der Waals surface area contributed by atoms with Crippen molar-refractivity contribution in [3.63, 3.8) is 0 Å². The van der Waals surface area contributed by atoms with Gasteiger partial charge in [0, 0.05) is 25.7 Å². The fourth-order valence-corrected chi connectivity index (χ4v) is 3.55. The SMILES string of the molecule is O=C(NC[C@@]1(O)COCCN(C(=O)CCN2CCCCC2)C1)c1ccn[nH]1. The second-order valence-corrected chi connectivity index (χ2v) is 7.40. The van der Waals surface area contributed by atoms with E-state index in [0.29, 0.717) is 25.3 Å². The number of amides is 2. The van der Waals surface area contributed by atoms with Gasteiger partial charge in [-0.3, -0.25) is 14.7 Å². The maximum absolute atomic E-state index is 12.6. The van der Waals surface area contributed by atoms with Gasteiger partial charge in [-0.05, 0) is 32.0 Å². The van der Waals surface area contributed by atoms with Crippen LogP contribution in [0.1, 0.15) is 36.2 Å². The Kier molecular flexibility index (Phi) is 6.81. The third-order valence-electron chi connectivity index (χ3n) is 5.13. The largest absolute Gasteiger partial charge is 0.384 e. The van der Waals surface area contributed by atoms with Gasteiger partial charge in [-0.15, -0.1) is 0 Å². The number of hydrogen-bond acceptors (Lipinski definition) is 6. The maximum atomic E-state index is 12.6. The Morgan fingerprint density at radius 2 is 2.11 bits per heavy atom. The van der Waals surface area contributed by atoms with Crippen molar-refractivity contribution in [1.29, 1.82) is 0 Å². The molecule has 2 amide bonds. The molecule has 2 aliphatic rings. The van der Waals surface area contributed by atoms with Crippen LogP contribution < -0.4 is 5.32 Å². The van der Waals surface area contributed by atoms with Crippen LogP contribution in [0.5, 0.6) is 0 Å². The molecule has 3 heterocycles. The number of H-pyrrole nitrogens is 1. The van der Waals surface area contributed by atoms with E-state index in [2.05, 4.69) is 20.4 Å². The monoisotopic (exact) mass is 379 g/mol. The molecular formula is C18H29N5O4. The average molecular weight is 379 g/mol. The quantitative estimate of drug-likeness (QED) is 0.621. The highest BCUT2D eigenvalue weighted by molar-refractivity contribution is 5.92. The van der Waals surface area contributed by atoms with Crippen molar-refractivity contribution in [3.05, 3.63) is 18.0 Å². The summed E-state index contributed by atoms with van der Waals surface area (Å²) >= 11 is 0. The number of aliphatic hydroxyl groups is 1. The Labute approximate surface area is 159 Å². The molecular weight excluding hydrogens is 350 g/mol. The molecule has 9 heteroatoms. The first-order valence-electron chi connectivity index (χ1n) is 9.64. The molecule has 1 aromatic heterocycles. The third-order valence-corrected chi connectivity index (χ3v) is 5.13. The lowest BCUT2D eigenvalue weighted by Gasteiger charge is -2.32. The Morgan fingerprint density at radius 3 is 2.85 bits per heavy atom. The van der Waals surface area contributed by atoms with Gasteiger partial charge < -0.3 is 25.0 Å². The van der Waals surface area contributed by atoms with E-state index < -0.39 is 5.60 Å². The Balaban J connectivity index is 1.50. The van der Waals surface area contributed by atoms with Crippen molar-refractivity contribution in [1.82, 2.24) is 25.3 Å². The van der Waals surface area contributed by atoms with Crippen LogP contribution in [0.4, 0.5) is 0 Å². The second kappa shape index (κ2) is 9.29. The minimum Gasteiger partial charge on any atom is -0.384 e. The Bertz CT molecular complexity index is 617. The van der Waals surface area contributed by atoms with Crippen molar-refractivity contribution >= 4 is 11.8 Å². The van der Waals surface area contributed by atoms with Crippen LogP contribution in [0, 0.1) is 0 Å². The molecule has 9 nitrogen and oxygen atoms in total. The number of hydrogen-bond donors (Lipinski definition) is 3. The number of rotatable bonds is 6. The molecule has 0 radical (unpaired) electrons. The minimum absolute atomic E-state index is 0.000752. The fraction of sp³-hybridized carbons (Fsp3) is 0.722. The summed E-state index contributed by atoms with van der Waals surface area (Å²) < 4.78 is 5.48. The van der Waals surface area contributed by atoms with E-state index in [1.165, 1.54) is 25.5 Å². The standard InChI is InChI=1S/C18H29N5O4/c24-16(5-9-22-7-2-1-3-8-22)23-10-11-27-14-18(26,13-23)12-19-17(25)15-4-6-20-21-15/h4,6,26H,1-3,5,7-14H2,(H,19,25)(H,20,21)/t18-/m0/s1. The number of β-amino-alcohol motifs (C(OH)–C–C–N with tert-alkyl or cyclic N) is 1. The predicted molar refractivity (Wildman–Crippen MR) is 98.2 cm³/mol. The topological polar surface area (TPSA) is 111 Å². The molecule has 27 heavy (non-hydrogen) atoms. The van der Waals surface area contributed by atoms with Crippen molar-refractivity contribution in [2.75, 3.05) is 52.5 Å². The number of nitrogens with one attached hydrogen (secondary N) is 2. The highest BCUT2D eigenvalue weighted by Crippen LogP contribution is 2.14. The Morgan fingerprint density at radius 1 is 1.30 bits per heavy atom. The molecule has 2 saturated heterocycles. The summed E-state index contributed by atoms with van der Waals surface area (Å²) in [7, 11) is 0. The van der Waals surface area contributed by atoms with Crippen LogP contribution in [0.25, 0.3) is 0 Å². The zero-order valence-corrected chi connectivity index (χ0v) is 15.7. The summed E-state index contributed by atoms with van der Waals surface area (Å²) in [6, 6.07) is 1.55. The lowest BCUT2D eigenvalue weighted by atomic mass is 10.0. The zero-order chi connectivity index (χ0) is 19.1. The van der Waals surface area contributed by atoms with Crippen molar-refractivity contribution in [3.8, 4) is 0 Å². The van der Waals surface area contributed by atoms with Gasteiger partial charge in [0.2, 0.25) is 5.91 Å². The van der Waals surface area contributed by atoms with Gasteiger partial charge in [-0.25, -0.2) is 0 Å². The van der Waals surface area contributed by atoms with Gasteiger partial charge >= 0.3 is 0 Å². The van der Waals surface area contributed by atoms with Gasteiger partial charge in [0.25, 0.3) is 5.91 Å². The first-order valence-corrected chi connectivity index (χ1v) is 9.64. The van der Waals surface area contributed by atoms with Crippen molar-refractivity contribution in [2.45, 2.75) is 31.3 Å². The van der Waals surface area contributed by atoms with E-state index in [-0.39, 0.29) is 31.5 Å². The molecule has 0 unspecified atom stereocenters. The first kappa shape index (κ1) is 19.8. The molecule has 1 atom stereocenters. The minimum atomic E-state index is -1.31. The van der Waals surface area contributed by atoms with Gasteiger partial charge in [0.15, 0.2) is 0 Å². The van der Waals surface area contributed by atoms with E-state index in [1.54, 1.807) is 11.0 Å². The number of carbonyl (C=O) groups excluding carboxylic acids is 2. The summed E-state index contributed by atoms with van der Waals surface area (Å²) in [5, 5.41) is 19.9. The first-order chi connectivity index (χ1) is 13.1. The number of nitrogens with zero attached hydrogens (tertiary/aromatic N) is 3. The molecule has 150 valence electrons. The molecule has 0 bridgehead atoms. The van der Waals surface area contributed by atoms with E-state index in [9.17, 15) is 14.7 Å². The van der Waals surface area contributed by atoms with E-state index in [0.717, 1.165) is 19.6 Å². The van der Waals surface area contributed by atoms with Gasteiger partial charge in [-0.2, -0.15) is 5.10 Å². The van der Waals surface area contributed by atoms with Crippen LogP contribution in [0.15, 0.2) is 12.3 Å². The number of ether oxygens (including phenoxy) is 1. The van der Waals surface area contributed by atoms with Crippen molar-refractivity contribution < 1.29 is 19.4 Å². The summed E-state index contributed by atoms with van der Waals surface area (Å²) in [6.45, 7) is 3.93. The molecule has 0 aromatic carbocycles. The number of aromatic nitrogens is 2. The van der Waals surface area contributed by atoms with Crippen LogP contribution in [-0.2, 0) is 9.53 Å². The average Bonchev–Trinajstić information content (AvgIpc) is 3.15. The number of aromatic amines is 1. The van der Waals surface area contributed by atoms with E-state index in [4.69, 9.17) is 4.74 Å². The number of likely N-dealkylation sites (tertiary alicyclic amines) is 1. The molecule has 0 spiro atoms. The molecule has 3 N–H and O–H groups in total. The van der Waals surface area contributed by atoms with Crippen LogP contribution in [0.2, 0.25) is 0 Å². The summed E-state index contributed by atoms with van der Waals surface area (Å²) in [4.78, 5) is 28.7. The molecule has 1 aromatic rings. The predicted octanol–water partition coefficient (Wildman–Crippen LogP) is -0.395. The normalized spacial score (nSPS) is 24.4.